The zero-order valence-corrected chi connectivity index (χ0v) is 14.0. The van der Waals surface area contributed by atoms with Gasteiger partial charge in [0.15, 0.2) is 5.76 Å². The van der Waals surface area contributed by atoms with E-state index in [4.69, 9.17) is 4.42 Å². The van der Waals surface area contributed by atoms with E-state index in [1.807, 2.05) is 0 Å². The highest BCUT2D eigenvalue weighted by Gasteiger charge is 2.36. The number of halogens is 3. The zero-order chi connectivity index (χ0) is 18.9. The number of hydrogen-bond acceptors (Lipinski definition) is 7. The first-order valence-electron chi connectivity index (χ1n) is 7.15. The largest absolute Gasteiger partial charge is 0.458 e. The van der Waals surface area contributed by atoms with Gasteiger partial charge in [-0.25, -0.2) is 13.1 Å². The van der Waals surface area contributed by atoms with Crippen LogP contribution in [0.2, 0.25) is 0 Å². The molecule has 0 saturated carbocycles. The van der Waals surface area contributed by atoms with Crippen molar-refractivity contribution in [2.24, 2.45) is 0 Å². The topological polar surface area (TPSA) is 116 Å². The Bertz CT molecular complexity index is 992. The Balaban J connectivity index is 1.77. The summed E-state index contributed by atoms with van der Waals surface area (Å²) in [6.07, 6.45) is -1.68. The van der Waals surface area contributed by atoms with E-state index >= 15 is 0 Å². The average Bonchev–Trinajstić information content (AvgIpc) is 3.25. The molecule has 3 heterocycles. The molecule has 0 amide bonds. The summed E-state index contributed by atoms with van der Waals surface area (Å²) < 4.78 is 75.6. The number of sulfonamides is 1. The maximum absolute atomic E-state index is 12.6. The van der Waals surface area contributed by atoms with E-state index in [1.165, 1.54) is 17.8 Å². The van der Waals surface area contributed by atoms with E-state index in [0.29, 0.717) is 6.07 Å². The van der Waals surface area contributed by atoms with Crippen LogP contribution in [-0.2, 0) is 22.7 Å². The number of hydrogen-bond donors (Lipinski definition) is 1. The van der Waals surface area contributed by atoms with Gasteiger partial charge < -0.3 is 8.94 Å². The molecule has 0 bridgehead atoms. The lowest BCUT2D eigenvalue weighted by molar-refractivity contribution is -0.155. The molecule has 1 N–H and O–H groups in total. The summed E-state index contributed by atoms with van der Waals surface area (Å²) in [5.41, 5.74) is -0.260. The van der Waals surface area contributed by atoms with Crippen LogP contribution in [-0.4, -0.2) is 35.1 Å². The predicted octanol–water partition coefficient (Wildman–Crippen LogP) is 1.83. The molecule has 13 heteroatoms. The van der Waals surface area contributed by atoms with E-state index in [2.05, 4.69) is 24.7 Å². The van der Waals surface area contributed by atoms with Crippen molar-refractivity contribution >= 4 is 10.0 Å². The minimum Gasteiger partial charge on any atom is -0.458 e. The first kappa shape index (κ1) is 18.1. The monoisotopic (exact) mass is 391 g/mol. The lowest BCUT2D eigenvalue weighted by Crippen LogP contribution is -2.27. The minimum atomic E-state index is -4.70. The fraction of sp³-hybridized carbons (Fsp3) is 0.308. The van der Waals surface area contributed by atoms with E-state index in [-0.39, 0.29) is 35.2 Å². The Hall–Kier alpha value is -2.67. The molecule has 3 aromatic rings. The third kappa shape index (κ3) is 3.77. The van der Waals surface area contributed by atoms with Crippen molar-refractivity contribution in [1.82, 2.24) is 24.9 Å². The Labute approximate surface area is 144 Å². The number of furan rings is 1. The van der Waals surface area contributed by atoms with Crippen molar-refractivity contribution in [3.05, 3.63) is 36.0 Å². The lowest BCUT2D eigenvalue weighted by atomic mass is 10.3. The van der Waals surface area contributed by atoms with Crippen molar-refractivity contribution in [3.63, 3.8) is 0 Å². The molecule has 0 aromatic carbocycles. The Morgan fingerprint density at radius 3 is 2.69 bits per heavy atom. The fourth-order valence-electron chi connectivity index (χ4n) is 2.11. The van der Waals surface area contributed by atoms with Crippen LogP contribution in [0.25, 0.3) is 11.5 Å². The van der Waals surface area contributed by atoms with Gasteiger partial charge >= 0.3 is 6.18 Å². The number of nitrogens with zero attached hydrogens (tertiary/aromatic N) is 4. The molecule has 3 rings (SSSR count). The summed E-state index contributed by atoms with van der Waals surface area (Å²) in [6.45, 7) is 1.66. The molecular weight excluding hydrogens is 379 g/mol. The molecule has 0 atom stereocenters. The van der Waals surface area contributed by atoms with Crippen LogP contribution < -0.4 is 4.72 Å². The van der Waals surface area contributed by atoms with Crippen molar-refractivity contribution in [2.75, 3.05) is 6.54 Å². The first-order valence-corrected chi connectivity index (χ1v) is 8.63. The third-order valence-electron chi connectivity index (χ3n) is 3.31. The molecular formula is C13H12F3N5O4S. The van der Waals surface area contributed by atoms with Gasteiger partial charge in [-0.1, -0.05) is 10.4 Å². The fourth-order valence-corrected chi connectivity index (χ4v) is 3.31. The zero-order valence-electron chi connectivity index (χ0n) is 13.2. The molecule has 0 aliphatic carbocycles. The van der Waals surface area contributed by atoms with Gasteiger partial charge in [0.25, 0.3) is 0 Å². The number of aryl methyl sites for hydroxylation is 1. The Morgan fingerprint density at radius 1 is 1.31 bits per heavy atom. The maximum Gasteiger partial charge on any atom is 0.452 e. The molecule has 0 spiro atoms. The second-order valence-electron chi connectivity index (χ2n) is 5.17. The quantitative estimate of drug-likeness (QED) is 0.681. The summed E-state index contributed by atoms with van der Waals surface area (Å²) in [6, 6.07) is 1.72. The number of alkyl halides is 3. The number of aromatic nitrogens is 4. The van der Waals surface area contributed by atoms with Crippen molar-refractivity contribution < 1.29 is 30.5 Å². The van der Waals surface area contributed by atoms with Crippen LogP contribution in [0, 0.1) is 6.92 Å². The van der Waals surface area contributed by atoms with Crippen molar-refractivity contribution in [2.45, 2.75) is 24.5 Å². The second kappa shape index (κ2) is 6.57. The molecule has 0 unspecified atom stereocenters. The highest BCUT2D eigenvalue weighted by atomic mass is 32.2. The minimum absolute atomic E-state index is 0.00446. The normalized spacial score (nSPS) is 12.6. The Morgan fingerprint density at radius 2 is 2.08 bits per heavy atom. The van der Waals surface area contributed by atoms with Crippen LogP contribution in [0.5, 0.6) is 0 Å². The molecule has 26 heavy (non-hydrogen) atoms. The predicted molar refractivity (Wildman–Crippen MR) is 79.2 cm³/mol. The summed E-state index contributed by atoms with van der Waals surface area (Å²) in [7, 11) is -3.94. The smallest absolute Gasteiger partial charge is 0.452 e. The number of rotatable bonds is 6. The lowest BCUT2D eigenvalue weighted by Gasteiger charge is -2.05. The molecule has 0 aliphatic heterocycles. The molecule has 0 radical (unpaired) electrons. The average molecular weight is 391 g/mol. The van der Waals surface area contributed by atoms with Gasteiger partial charge in [0.1, 0.15) is 16.3 Å². The summed E-state index contributed by atoms with van der Waals surface area (Å²) >= 11 is 0. The number of nitrogens with one attached hydrogen (secondary N) is 1. The van der Waals surface area contributed by atoms with Crippen LogP contribution in [0.15, 0.2) is 38.4 Å². The first-order chi connectivity index (χ1) is 12.2. The van der Waals surface area contributed by atoms with Crippen LogP contribution >= 0.6 is 0 Å². The summed E-state index contributed by atoms with van der Waals surface area (Å²) in [4.78, 5) is -0.206. The van der Waals surface area contributed by atoms with Crippen LogP contribution in [0.3, 0.4) is 0 Å². The Kier molecular flexibility index (Phi) is 4.58. The molecule has 9 nitrogen and oxygen atoms in total. The van der Waals surface area contributed by atoms with Gasteiger partial charge in [-0.2, -0.15) is 13.2 Å². The SMILES string of the molecule is Cc1oc(-c2cc(C(F)(F)F)on2)cc1S(=O)(=O)NCCn1ccnn1. The maximum atomic E-state index is 12.6. The molecule has 140 valence electrons. The van der Waals surface area contributed by atoms with Crippen molar-refractivity contribution in [1.29, 1.82) is 0 Å². The van der Waals surface area contributed by atoms with Gasteiger partial charge in [-0.15, -0.1) is 5.10 Å². The van der Waals surface area contributed by atoms with Gasteiger partial charge in [-0.05, 0) is 6.92 Å². The van der Waals surface area contributed by atoms with Gasteiger partial charge in [0.05, 0.1) is 12.7 Å². The van der Waals surface area contributed by atoms with Crippen molar-refractivity contribution in [3.8, 4) is 11.5 Å². The highest BCUT2D eigenvalue weighted by molar-refractivity contribution is 7.89. The standard InChI is InChI=1S/C13H12F3N5O4S/c1-8-11(26(22,23)18-3-5-21-4-2-17-20-21)7-10(24-8)9-6-12(25-19-9)13(14,15)16/h2,4,6-7,18H,3,5H2,1H3. The van der Waals surface area contributed by atoms with Gasteiger partial charge in [0, 0.05) is 24.9 Å². The molecule has 0 aliphatic rings. The summed E-state index contributed by atoms with van der Waals surface area (Å²) in [5.74, 6) is -1.46. The van der Waals surface area contributed by atoms with Crippen LogP contribution in [0.4, 0.5) is 13.2 Å². The van der Waals surface area contributed by atoms with E-state index < -0.39 is 22.0 Å². The van der Waals surface area contributed by atoms with Gasteiger partial charge in [0.2, 0.25) is 15.8 Å². The third-order valence-corrected chi connectivity index (χ3v) is 4.88. The van der Waals surface area contributed by atoms with E-state index in [0.717, 1.165) is 6.07 Å². The van der Waals surface area contributed by atoms with Gasteiger partial charge in [-0.3, -0.25) is 4.68 Å². The van der Waals surface area contributed by atoms with E-state index in [1.54, 1.807) is 6.20 Å². The molecule has 0 fully saturated rings. The second-order valence-corrected chi connectivity index (χ2v) is 6.90. The summed E-state index contributed by atoms with van der Waals surface area (Å²) in [5, 5.41) is 10.5. The van der Waals surface area contributed by atoms with Crippen LogP contribution in [0.1, 0.15) is 11.5 Å². The molecule has 3 aromatic heterocycles. The van der Waals surface area contributed by atoms with E-state index in [9.17, 15) is 21.6 Å². The molecule has 0 saturated heterocycles. The highest BCUT2D eigenvalue weighted by Crippen LogP contribution is 2.34.